The van der Waals surface area contributed by atoms with Gasteiger partial charge in [0, 0.05) is 13.1 Å². The van der Waals surface area contributed by atoms with Crippen molar-refractivity contribution in [3.8, 4) is 5.75 Å². The first kappa shape index (κ1) is 11.6. The Morgan fingerprint density at radius 2 is 2.06 bits per heavy atom. The number of nitrogens with one attached hydrogen (secondary N) is 1. The van der Waals surface area contributed by atoms with E-state index in [0.29, 0.717) is 6.54 Å². The summed E-state index contributed by atoms with van der Waals surface area (Å²) in [5.74, 6) is 1.19. The van der Waals surface area contributed by atoms with Crippen molar-refractivity contribution in [2.45, 2.75) is 19.5 Å². The molecule has 0 radical (unpaired) electrons. The van der Waals surface area contributed by atoms with Crippen molar-refractivity contribution >= 4 is 0 Å². The second kappa shape index (κ2) is 4.97. The van der Waals surface area contributed by atoms with Crippen LogP contribution >= 0.6 is 0 Å². The van der Waals surface area contributed by atoms with Crippen molar-refractivity contribution in [1.29, 1.82) is 0 Å². The van der Waals surface area contributed by atoms with Gasteiger partial charge < -0.3 is 15.0 Å². The van der Waals surface area contributed by atoms with Gasteiger partial charge in [-0.3, -0.25) is 0 Å². The number of aromatic hydroxyl groups is 1. The molecule has 5 heteroatoms. The molecule has 1 atom stereocenters. The van der Waals surface area contributed by atoms with Gasteiger partial charge in [0.15, 0.2) is 0 Å². The van der Waals surface area contributed by atoms with Crippen LogP contribution in [0.1, 0.15) is 24.4 Å². The summed E-state index contributed by atoms with van der Waals surface area (Å²) in [6, 6.07) is 7.39. The Balaban J connectivity index is 1.95. The summed E-state index contributed by atoms with van der Waals surface area (Å²) in [4.78, 5) is 0. The van der Waals surface area contributed by atoms with E-state index in [0.717, 1.165) is 11.4 Å². The van der Waals surface area contributed by atoms with E-state index in [-0.39, 0.29) is 11.8 Å². The quantitative estimate of drug-likeness (QED) is 0.835. The fourth-order valence-corrected chi connectivity index (χ4v) is 1.59. The minimum absolute atomic E-state index is 0.201. The number of rotatable bonds is 4. The standard InChI is InChI=1S/C12H16N4O/c1-9(10-3-5-11(17)6-4-10)13-7-12-15-14-8-16(12)2/h3-6,8-9,13,17H,7H2,1-2H3. The SMILES string of the molecule is CC(NCc1nncn1C)c1ccc(O)cc1. The first-order valence-electron chi connectivity index (χ1n) is 5.52. The predicted octanol–water partition coefficient (Wildman–Crippen LogP) is 1.37. The highest BCUT2D eigenvalue weighted by atomic mass is 16.3. The number of benzene rings is 1. The Labute approximate surface area is 100 Å². The van der Waals surface area contributed by atoms with E-state index in [1.807, 2.05) is 23.7 Å². The Kier molecular flexibility index (Phi) is 3.39. The number of hydrogen-bond acceptors (Lipinski definition) is 4. The lowest BCUT2D eigenvalue weighted by Gasteiger charge is -2.13. The highest BCUT2D eigenvalue weighted by Crippen LogP contribution is 2.16. The molecule has 5 nitrogen and oxygen atoms in total. The Hall–Kier alpha value is -1.88. The number of aryl methyl sites for hydroxylation is 1. The molecule has 1 aromatic carbocycles. The van der Waals surface area contributed by atoms with Crippen LogP contribution < -0.4 is 5.32 Å². The summed E-state index contributed by atoms with van der Waals surface area (Å²) in [6.07, 6.45) is 1.68. The monoisotopic (exact) mass is 232 g/mol. The van der Waals surface area contributed by atoms with Crippen LogP contribution in [0.3, 0.4) is 0 Å². The largest absolute Gasteiger partial charge is 0.508 e. The summed E-state index contributed by atoms with van der Waals surface area (Å²) in [5, 5.41) is 20.4. The average molecular weight is 232 g/mol. The molecule has 1 heterocycles. The zero-order chi connectivity index (χ0) is 12.3. The molecule has 90 valence electrons. The minimum Gasteiger partial charge on any atom is -0.508 e. The molecule has 0 saturated carbocycles. The molecule has 0 aliphatic rings. The highest BCUT2D eigenvalue weighted by molar-refractivity contribution is 5.27. The fraction of sp³-hybridized carbons (Fsp3) is 0.333. The van der Waals surface area contributed by atoms with Crippen molar-refractivity contribution in [1.82, 2.24) is 20.1 Å². The minimum atomic E-state index is 0.201. The fourth-order valence-electron chi connectivity index (χ4n) is 1.59. The van der Waals surface area contributed by atoms with Crippen molar-refractivity contribution < 1.29 is 5.11 Å². The molecule has 1 aromatic heterocycles. The molecule has 0 aliphatic carbocycles. The van der Waals surface area contributed by atoms with Gasteiger partial charge in [-0.2, -0.15) is 0 Å². The summed E-state index contributed by atoms with van der Waals surface area (Å²) < 4.78 is 1.89. The molecule has 2 N–H and O–H groups in total. The summed E-state index contributed by atoms with van der Waals surface area (Å²) in [5.41, 5.74) is 1.13. The number of phenolic OH excluding ortho intramolecular Hbond substituents is 1. The molecule has 0 amide bonds. The first-order chi connectivity index (χ1) is 8.16. The highest BCUT2D eigenvalue weighted by Gasteiger charge is 2.06. The van der Waals surface area contributed by atoms with Crippen molar-refractivity contribution in [2.75, 3.05) is 0 Å². The van der Waals surface area contributed by atoms with Gasteiger partial charge in [0.25, 0.3) is 0 Å². The lowest BCUT2D eigenvalue weighted by molar-refractivity contribution is 0.474. The third-order valence-electron chi connectivity index (χ3n) is 2.76. The number of aromatic nitrogens is 3. The first-order valence-corrected chi connectivity index (χ1v) is 5.52. The van der Waals surface area contributed by atoms with E-state index in [2.05, 4.69) is 22.4 Å². The van der Waals surface area contributed by atoms with Crippen LogP contribution in [0.2, 0.25) is 0 Å². The molecule has 17 heavy (non-hydrogen) atoms. The third kappa shape index (κ3) is 2.82. The van der Waals surface area contributed by atoms with Crippen molar-refractivity contribution in [3.05, 3.63) is 42.0 Å². The summed E-state index contributed by atoms with van der Waals surface area (Å²) in [7, 11) is 1.92. The summed E-state index contributed by atoms with van der Waals surface area (Å²) in [6.45, 7) is 2.74. The zero-order valence-corrected chi connectivity index (χ0v) is 9.96. The van der Waals surface area contributed by atoms with Gasteiger partial charge in [-0.15, -0.1) is 10.2 Å². The van der Waals surface area contributed by atoms with Crippen LogP contribution in [0.4, 0.5) is 0 Å². The Morgan fingerprint density at radius 1 is 1.35 bits per heavy atom. The lowest BCUT2D eigenvalue weighted by Crippen LogP contribution is -2.20. The van der Waals surface area contributed by atoms with E-state index < -0.39 is 0 Å². The van der Waals surface area contributed by atoms with Crippen LogP contribution in [-0.4, -0.2) is 19.9 Å². The second-order valence-electron chi connectivity index (χ2n) is 4.05. The number of nitrogens with zero attached hydrogens (tertiary/aromatic N) is 3. The van der Waals surface area contributed by atoms with Gasteiger partial charge in [0.1, 0.15) is 17.9 Å². The molecular formula is C12H16N4O. The molecule has 0 aliphatic heterocycles. The smallest absolute Gasteiger partial charge is 0.146 e. The van der Waals surface area contributed by atoms with Gasteiger partial charge in [-0.25, -0.2) is 0 Å². The second-order valence-corrected chi connectivity index (χ2v) is 4.05. The Morgan fingerprint density at radius 3 is 2.65 bits per heavy atom. The van der Waals surface area contributed by atoms with E-state index in [1.165, 1.54) is 0 Å². The average Bonchev–Trinajstić information content (AvgIpc) is 2.73. The molecule has 0 spiro atoms. The van der Waals surface area contributed by atoms with Crippen molar-refractivity contribution in [2.24, 2.45) is 7.05 Å². The van der Waals surface area contributed by atoms with E-state index in [9.17, 15) is 5.11 Å². The van der Waals surface area contributed by atoms with Crippen LogP contribution in [-0.2, 0) is 13.6 Å². The zero-order valence-electron chi connectivity index (χ0n) is 9.96. The van der Waals surface area contributed by atoms with Gasteiger partial charge >= 0.3 is 0 Å². The number of phenols is 1. The maximum Gasteiger partial charge on any atom is 0.146 e. The molecule has 2 rings (SSSR count). The normalized spacial score (nSPS) is 12.6. The van der Waals surface area contributed by atoms with E-state index in [1.54, 1.807) is 18.5 Å². The lowest BCUT2D eigenvalue weighted by atomic mass is 10.1. The molecule has 0 saturated heterocycles. The molecule has 1 unspecified atom stereocenters. The predicted molar refractivity (Wildman–Crippen MR) is 64.4 cm³/mol. The van der Waals surface area contributed by atoms with Gasteiger partial charge in [-0.05, 0) is 24.6 Å². The molecule has 0 fully saturated rings. The van der Waals surface area contributed by atoms with Gasteiger partial charge in [0.05, 0.1) is 6.54 Å². The third-order valence-corrected chi connectivity index (χ3v) is 2.76. The van der Waals surface area contributed by atoms with E-state index in [4.69, 9.17) is 0 Å². The molecular weight excluding hydrogens is 216 g/mol. The van der Waals surface area contributed by atoms with Crippen LogP contribution in [0.15, 0.2) is 30.6 Å². The Bertz CT molecular complexity index is 478. The van der Waals surface area contributed by atoms with E-state index >= 15 is 0 Å². The van der Waals surface area contributed by atoms with Crippen LogP contribution in [0.5, 0.6) is 5.75 Å². The maximum atomic E-state index is 9.21. The van der Waals surface area contributed by atoms with Crippen LogP contribution in [0, 0.1) is 0 Å². The number of hydrogen-bond donors (Lipinski definition) is 2. The maximum absolute atomic E-state index is 9.21. The molecule has 0 bridgehead atoms. The van der Waals surface area contributed by atoms with Gasteiger partial charge in [0.2, 0.25) is 0 Å². The topological polar surface area (TPSA) is 63.0 Å². The van der Waals surface area contributed by atoms with Gasteiger partial charge in [-0.1, -0.05) is 12.1 Å². The summed E-state index contributed by atoms with van der Waals surface area (Å²) >= 11 is 0. The van der Waals surface area contributed by atoms with Crippen LogP contribution in [0.25, 0.3) is 0 Å². The van der Waals surface area contributed by atoms with Crippen molar-refractivity contribution in [3.63, 3.8) is 0 Å². The molecule has 2 aromatic rings.